The monoisotopic (exact) mass is 300 g/mol. The van der Waals surface area contributed by atoms with Crippen molar-refractivity contribution in [1.82, 2.24) is 19.8 Å². The second kappa shape index (κ2) is 5.83. The molecule has 0 unspecified atom stereocenters. The predicted octanol–water partition coefficient (Wildman–Crippen LogP) is 1.18. The number of nitrogens with one attached hydrogen (secondary N) is 2. The van der Waals surface area contributed by atoms with Crippen LogP contribution in [0.1, 0.15) is 37.1 Å². The molecule has 0 spiro atoms. The summed E-state index contributed by atoms with van der Waals surface area (Å²) >= 11 is 0. The average molecular weight is 300 g/mol. The molecule has 1 fully saturated rings. The number of H-pyrrole nitrogens is 1. The molecule has 7 heteroatoms. The molecule has 0 bridgehead atoms. The quantitative estimate of drug-likeness (QED) is 0.875. The first-order chi connectivity index (χ1) is 9.37. The van der Waals surface area contributed by atoms with Crippen molar-refractivity contribution in [3.63, 3.8) is 0 Å². The van der Waals surface area contributed by atoms with Crippen LogP contribution in [0.4, 0.5) is 0 Å². The van der Waals surface area contributed by atoms with E-state index in [-0.39, 0.29) is 6.04 Å². The molecule has 6 nitrogen and oxygen atoms in total. The third kappa shape index (κ3) is 2.75. The van der Waals surface area contributed by atoms with Gasteiger partial charge >= 0.3 is 0 Å². The SMILES string of the molecule is CNC1CCC(N(C)S(=O)(=O)c2c(C)n[nH]c2C)CC1. The highest BCUT2D eigenvalue weighted by Gasteiger charge is 2.33. The Morgan fingerprint density at radius 1 is 1.25 bits per heavy atom. The minimum Gasteiger partial charge on any atom is -0.317 e. The number of rotatable bonds is 4. The van der Waals surface area contributed by atoms with Gasteiger partial charge in [0, 0.05) is 19.1 Å². The zero-order valence-electron chi connectivity index (χ0n) is 12.6. The summed E-state index contributed by atoms with van der Waals surface area (Å²) in [5.74, 6) is 0. The van der Waals surface area contributed by atoms with Crippen LogP contribution in [0.3, 0.4) is 0 Å². The molecule has 1 saturated carbocycles. The van der Waals surface area contributed by atoms with Gasteiger partial charge in [0.25, 0.3) is 0 Å². The highest BCUT2D eigenvalue weighted by molar-refractivity contribution is 7.89. The maximum absolute atomic E-state index is 12.7. The van der Waals surface area contributed by atoms with Crippen LogP contribution in [0.2, 0.25) is 0 Å². The van der Waals surface area contributed by atoms with E-state index in [2.05, 4.69) is 15.5 Å². The number of aryl methyl sites for hydroxylation is 2. The first-order valence-corrected chi connectivity index (χ1v) is 8.48. The van der Waals surface area contributed by atoms with Gasteiger partial charge in [0.15, 0.2) is 0 Å². The summed E-state index contributed by atoms with van der Waals surface area (Å²) in [4.78, 5) is 0.329. The molecule has 1 aliphatic rings. The summed E-state index contributed by atoms with van der Waals surface area (Å²) in [6.45, 7) is 3.47. The van der Waals surface area contributed by atoms with Gasteiger partial charge in [-0.15, -0.1) is 0 Å². The van der Waals surface area contributed by atoms with Crippen molar-refractivity contribution >= 4 is 10.0 Å². The molecule has 2 N–H and O–H groups in total. The van der Waals surface area contributed by atoms with Gasteiger partial charge in [0.2, 0.25) is 10.0 Å². The fourth-order valence-electron chi connectivity index (χ4n) is 2.99. The second-order valence-electron chi connectivity index (χ2n) is 5.58. The number of aromatic nitrogens is 2. The van der Waals surface area contributed by atoms with Crippen molar-refractivity contribution in [3.05, 3.63) is 11.4 Å². The lowest BCUT2D eigenvalue weighted by Crippen LogP contribution is -2.42. The molecular weight excluding hydrogens is 276 g/mol. The van der Waals surface area contributed by atoms with Gasteiger partial charge in [-0.3, -0.25) is 5.10 Å². The summed E-state index contributed by atoms with van der Waals surface area (Å²) < 4.78 is 27.0. The van der Waals surface area contributed by atoms with Crippen LogP contribution >= 0.6 is 0 Å². The molecule has 0 aliphatic heterocycles. The van der Waals surface area contributed by atoms with Gasteiger partial charge < -0.3 is 5.32 Å². The Kier molecular flexibility index (Phi) is 4.51. The molecule has 2 rings (SSSR count). The van der Waals surface area contributed by atoms with E-state index in [1.54, 1.807) is 20.9 Å². The largest absolute Gasteiger partial charge is 0.317 e. The van der Waals surface area contributed by atoms with Gasteiger partial charge in [-0.05, 0) is 46.6 Å². The normalized spacial score (nSPS) is 24.2. The third-order valence-electron chi connectivity index (χ3n) is 4.32. The van der Waals surface area contributed by atoms with Crippen molar-refractivity contribution < 1.29 is 8.42 Å². The fourth-order valence-corrected chi connectivity index (χ4v) is 4.73. The van der Waals surface area contributed by atoms with E-state index >= 15 is 0 Å². The van der Waals surface area contributed by atoms with E-state index in [0.717, 1.165) is 25.7 Å². The van der Waals surface area contributed by atoms with Crippen molar-refractivity contribution in [3.8, 4) is 0 Å². The van der Waals surface area contributed by atoms with Crippen molar-refractivity contribution in [1.29, 1.82) is 0 Å². The molecular formula is C13H24N4O2S. The highest BCUT2D eigenvalue weighted by Crippen LogP contribution is 2.28. The molecule has 1 aromatic heterocycles. The van der Waals surface area contributed by atoms with Gasteiger partial charge in [0.05, 0.1) is 11.4 Å². The van der Waals surface area contributed by atoms with E-state index in [4.69, 9.17) is 0 Å². The Morgan fingerprint density at radius 2 is 1.85 bits per heavy atom. The number of hydrogen-bond acceptors (Lipinski definition) is 4. The van der Waals surface area contributed by atoms with Crippen molar-refractivity contribution in [2.75, 3.05) is 14.1 Å². The number of sulfonamides is 1. The molecule has 0 amide bonds. The number of nitrogens with zero attached hydrogens (tertiary/aromatic N) is 2. The van der Waals surface area contributed by atoms with Crippen molar-refractivity contribution in [2.45, 2.75) is 56.5 Å². The zero-order chi connectivity index (χ0) is 14.9. The van der Waals surface area contributed by atoms with Crippen LogP contribution in [0, 0.1) is 13.8 Å². The predicted molar refractivity (Wildman–Crippen MR) is 78.1 cm³/mol. The number of hydrogen-bond donors (Lipinski definition) is 2. The Hall–Kier alpha value is -0.920. The molecule has 0 radical (unpaired) electrons. The summed E-state index contributed by atoms with van der Waals surface area (Å²) in [7, 11) is 0.186. The third-order valence-corrected chi connectivity index (χ3v) is 6.49. The maximum Gasteiger partial charge on any atom is 0.246 e. The summed E-state index contributed by atoms with van der Waals surface area (Å²) in [6, 6.07) is 0.595. The molecule has 0 aromatic carbocycles. The van der Waals surface area contributed by atoms with Crippen molar-refractivity contribution in [2.24, 2.45) is 0 Å². The molecule has 1 aromatic rings. The Bertz CT molecular complexity index is 539. The number of aromatic amines is 1. The lowest BCUT2D eigenvalue weighted by molar-refractivity contribution is 0.255. The average Bonchev–Trinajstić information content (AvgIpc) is 2.78. The standard InChI is InChI=1S/C13H24N4O2S/c1-9-13(10(2)16-15-9)20(18,19)17(4)12-7-5-11(14-3)6-8-12/h11-12,14H,5-8H2,1-4H3,(H,15,16). The second-order valence-corrected chi connectivity index (χ2v) is 7.51. The topological polar surface area (TPSA) is 78.1 Å². The van der Waals surface area contributed by atoms with Crippen LogP contribution in [0.5, 0.6) is 0 Å². The minimum atomic E-state index is -3.46. The van der Waals surface area contributed by atoms with E-state index in [1.165, 1.54) is 4.31 Å². The van der Waals surface area contributed by atoms with Gasteiger partial charge in [-0.1, -0.05) is 0 Å². The van der Waals surface area contributed by atoms with E-state index in [1.807, 2.05) is 7.05 Å². The maximum atomic E-state index is 12.7. The van der Waals surface area contributed by atoms with Gasteiger partial charge in [-0.2, -0.15) is 9.40 Å². The van der Waals surface area contributed by atoms with Gasteiger partial charge in [-0.25, -0.2) is 8.42 Å². The van der Waals surface area contributed by atoms with Crippen LogP contribution in [0.15, 0.2) is 4.90 Å². The first kappa shape index (κ1) is 15.5. The van der Waals surface area contributed by atoms with Gasteiger partial charge in [0.1, 0.15) is 4.90 Å². The van der Waals surface area contributed by atoms with E-state index in [0.29, 0.717) is 22.3 Å². The Morgan fingerprint density at radius 3 is 2.30 bits per heavy atom. The lowest BCUT2D eigenvalue weighted by Gasteiger charge is -2.33. The summed E-state index contributed by atoms with van der Waals surface area (Å²) in [6.07, 6.45) is 3.84. The summed E-state index contributed by atoms with van der Waals surface area (Å²) in [5.41, 5.74) is 1.15. The molecule has 0 atom stereocenters. The lowest BCUT2D eigenvalue weighted by atomic mass is 9.91. The minimum absolute atomic E-state index is 0.0818. The Labute approximate surface area is 121 Å². The highest BCUT2D eigenvalue weighted by atomic mass is 32.2. The molecule has 0 saturated heterocycles. The molecule has 114 valence electrons. The van der Waals surface area contributed by atoms with Crippen LogP contribution < -0.4 is 5.32 Å². The van der Waals surface area contributed by atoms with Crippen LogP contribution in [-0.4, -0.2) is 49.1 Å². The first-order valence-electron chi connectivity index (χ1n) is 7.04. The molecule has 1 aliphatic carbocycles. The Balaban J connectivity index is 2.18. The van der Waals surface area contributed by atoms with Crippen LogP contribution in [-0.2, 0) is 10.0 Å². The smallest absolute Gasteiger partial charge is 0.246 e. The summed E-state index contributed by atoms with van der Waals surface area (Å²) in [5, 5.41) is 10.0. The molecule has 20 heavy (non-hydrogen) atoms. The van der Waals surface area contributed by atoms with Crippen LogP contribution in [0.25, 0.3) is 0 Å². The van der Waals surface area contributed by atoms with E-state index < -0.39 is 10.0 Å². The zero-order valence-corrected chi connectivity index (χ0v) is 13.4. The molecule has 1 heterocycles. The fraction of sp³-hybridized carbons (Fsp3) is 0.769. The van der Waals surface area contributed by atoms with E-state index in [9.17, 15) is 8.42 Å².